The van der Waals surface area contributed by atoms with Gasteiger partial charge in [-0.25, -0.2) is 14.2 Å². The predicted molar refractivity (Wildman–Crippen MR) is 107 cm³/mol. The number of nitrogens with one attached hydrogen (secondary N) is 1. The molecular formula is C21H21FN4O3. The minimum absolute atomic E-state index is 0.204. The van der Waals surface area contributed by atoms with E-state index < -0.39 is 16.7 Å². The number of pyridine rings is 1. The molecule has 2 heterocycles. The van der Waals surface area contributed by atoms with Crippen LogP contribution in [0.5, 0.6) is 0 Å². The number of anilines is 1. The Morgan fingerprint density at radius 3 is 2.41 bits per heavy atom. The van der Waals surface area contributed by atoms with Gasteiger partial charge in [-0.2, -0.15) is 0 Å². The first kappa shape index (κ1) is 19.0. The van der Waals surface area contributed by atoms with Crippen molar-refractivity contribution in [1.29, 1.82) is 0 Å². The Hall–Kier alpha value is -3.29. The van der Waals surface area contributed by atoms with Crippen LogP contribution in [0.4, 0.5) is 10.1 Å². The number of nitrogens with zero attached hydrogens (tertiary/aromatic N) is 3. The van der Waals surface area contributed by atoms with Crippen molar-refractivity contribution >= 4 is 22.6 Å². The molecule has 1 aromatic carbocycles. The van der Waals surface area contributed by atoms with Gasteiger partial charge < -0.3 is 5.32 Å². The van der Waals surface area contributed by atoms with Crippen molar-refractivity contribution in [3.05, 3.63) is 68.7 Å². The Morgan fingerprint density at radius 1 is 1.10 bits per heavy atom. The van der Waals surface area contributed by atoms with Crippen molar-refractivity contribution in [2.24, 2.45) is 14.1 Å². The van der Waals surface area contributed by atoms with E-state index in [-0.39, 0.29) is 22.8 Å². The lowest BCUT2D eigenvalue weighted by molar-refractivity contribution is -0.121. The summed E-state index contributed by atoms with van der Waals surface area (Å²) in [7, 11) is 2.94. The zero-order valence-electron chi connectivity index (χ0n) is 16.2. The van der Waals surface area contributed by atoms with Gasteiger partial charge in [0, 0.05) is 14.1 Å². The summed E-state index contributed by atoms with van der Waals surface area (Å²) in [6.45, 7) is 0. The second kappa shape index (κ2) is 6.95. The molecule has 1 N–H and O–H groups in total. The molecule has 1 saturated carbocycles. The average molecular weight is 396 g/mol. The fourth-order valence-electron chi connectivity index (χ4n) is 4.18. The van der Waals surface area contributed by atoms with Crippen LogP contribution in [0.25, 0.3) is 11.0 Å². The van der Waals surface area contributed by atoms with E-state index in [2.05, 4.69) is 10.3 Å². The van der Waals surface area contributed by atoms with Gasteiger partial charge in [0.2, 0.25) is 5.91 Å². The molecule has 3 aromatic rings. The summed E-state index contributed by atoms with van der Waals surface area (Å²) in [5, 5.41) is 3.13. The predicted octanol–water partition coefficient (Wildman–Crippen LogP) is 2.22. The molecular weight excluding hydrogens is 375 g/mol. The average Bonchev–Trinajstić information content (AvgIpc) is 3.22. The third-order valence-corrected chi connectivity index (χ3v) is 5.84. The number of hydrogen-bond acceptors (Lipinski definition) is 4. The van der Waals surface area contributed by atoms with E-state index in [4.69, 9.17) is 0 Å². The highest BCUT2D eigenvalue weighted by atomic mass is 19.1. The maximum Gasteiger partial charge on any atom is 0.332 e. The van der Waals surface area contributed by atoms with Crippen molar-refractivity contribution < 1.29 is 9.18 Å². The molecule has 0 aliphatic heterocycles. The second-order valence-corrected chi connectivity index (χ2v) is 7.55. The van der Waals surface area contributed by atoms with Gasteiger partial charge in [0.25, 0.3) is 5.56 Å². The van der Waals surface area contributed by atoms with Gasteiger partial charge in [0.1, 0.15) is 11.5 Å². The van der Waals surface area contributed by atoms with Gasteiger partial charge in [-0.1, -0.05) is 25.0 Å². The molecule has 7 nitrogen and oxygen atoms in total. The molecule has 0 unspecified atom stereocenters. The summed E-state index contributed by atoms with van der Waals surface area (Å²) >= 11 is 0. The van der Waals surface area contributed by atoms with Gasteiger partial charge in [-0.15, -0.1) is 0 Å². The smallest absolute Gasteiger partial charge is 0.324 e. The van der Waals surface area contributed by atoms with E-state index in [1.807, 2.05) is 0 Å². The fourth-order valence-corrected chi connectivity index (χ4v) is 4.18. The van der Waals surface area contributed by atoms with Crippen LogP contribution < -0.4 is 16.6 Å². The summed E-state index contributed by atoms with van der Waals surface area (Å²) < 4.78 is 15.7. The third-order valence-electron chi connectivity index (χ3n) is 5.84. The summed E-state index contributed by atoms with van der Waals surface area (Å²) in [4.78, 5) is 42.0. The van der Waals surface area contributed by atoms with Crippen molar-refractivity contribution in [2.45, 2.75) is 31.1 Å². The number of carbonyl (C=O) groups excluding carboxylic acids is 1. The normalized spacial score (nSPS) is 15.6. The van der Waals surface area contributed by atoms with Crippen LogP contribution in [0.15, 0.2) is 46.1 Å². The molecule has 1 fully saturated rings. The standard InChI is InChI=1S/C21H21FN4O3/c1-25-17-16(18(27)26(2)20(25)29)11-15(12-23-17)24-19(28)21(9-3-4-10-21)13-5-7-14(22)8-6-13/h5-8,11-12H,3-4,9-10H2,1-2H3,(H,24,28). The summed E-state index contributed by atoms with van der Waals surface area (Å²) in [5.41, 5.74) is -0.261. The number of fused-ring (bicyclic) bond motifs is 1. The largest absolute Gasteiger partial charge is 0.332 e. The number of rotatable bonds is 3. The molecule has 1 aliphatic rings. The number of benzene rings is 1. The topological polar surface area (TPSA) is 86.0 Å². The Balaban J connectivity index is 1.73. The number of aromatic nitrogens is 3. The van der Waals surface area contributed by atoms with E-state index in [9.17, 15) is 18.8 Å². The van der Waals surface area contributed by atoms with E-state index in [1.54, 1.807) is 12.1 Å². The molecule has 1 aliphatic carbocycles. The molecule has 8 heteroatoms. The SMILES string of the molecule is Cn1c(=O)c2cc(NC(=O)C3(c4ccc(F)cc4)CCCC3)cnc2n(C)c1=O. The minimum Gasteiger partial charge on any atom is -0.324 e. The number of halogens is 1. The van der Waals surface area contributed by atoms with Crippen molar-refractivity contribution in [3.8, 4) is 0 Å². The minimum atomic E-state index is -0.739. The fraction of sp³-hybridized carbons (Fsp3) is 0.333. The van der Waals surface area contributed by atoms with E-state index in [0.717, 1.165) is 23.0 Å². The van der Waals surface area contributed by atoms with Crippen molar-refractivity contribution in [3.63, 3.8) is 0 Å². The van der Waals surface area contributed by atoms with Crippen LogP contribution in [0.2, 0.25) is 0 Å². The number of hydrogen-bond donors (Lipinski definition) is 1. The summed E-state index contributed by atoms with van der Waals surface area (Å²) in [5.74, 6) is -0.549. The Kier molecular flexibility index (Phi) is 4.56. The zero-order chi connectivity index (χ0) is 20.8. The first-order chi connectivity index (χ1) is 13.8. The Labute approximate surface area is 165 Å². The van der Waals surface area contributed by atoms with Crippen molar-refractivity contribution in [1.82, 2.24) is 14.1 Å². The molecule has 0 saturated heterocycles. The maximum atomic E-state index is 13.4. The van der Waals surface area contributed by atoms with Crippen LogP contribution >= 0.6 is 0 Å². The first-order valence-corrected chi connectivity index (χ1v) is 9.47. The molecule has 2 aromatic heterocycles. The van der Waals surface area contributed by atoms with Crippen LogP contribution in [-0.4, -0.2) is 20.0 Å². The quantitative estimate of drug-likeness (QED) is 0.736. The van der Waals surface area contributed by atoms with Gasteiger partial charge in [0.15, 0.2) is 0 Å². The monoisotopic (exact) mass is 396 g/mol. The Morgan fingerprint density at radius 2 is 1.76 bits per heavy atom. The molecule has 1 amide bonds. The van der Waals surface area contributed by atoms with Gasteiger partial charge >= 0.3 is 5.69 Å². The first-order valence-electron chi connectivity index (χ1n) is 9.47. The van der Waals surface area contributed by atoms with Crippen LogP contribution in [0.1, 0.15) is 31.2 Å². The van der Waals surface area contributed by atoms with Gasteiger partial charge in [-0.3, -0.25) is 18.7 Å². The molecule has 29 heavy (non-hydrogen) atoms. The van der Waals surface area contributed by atoms with Gasteiger partial charge in [-0.05, 0) is 36.6 Å². The molecule has 0 spiro atoms. The molecule has 150 valence electrons. The number of aryl methyl sites for hydroxylation is 1. The number of carbonyl (C=O) groups is 1. The molecule has 0 bridgehead atoms. The molecule has 4 rings (SSSR count). The number of amides is 1. The van der Waals surface area contributed by atoms with Crippen LogP contribution in [0, 0.1) is 5.82 Å². The lowest BCUT2D eigenvalue weighted by Crippen LogP contribution is -2.38. The van der Waals surface area contributed by atoms with E-state index in [1.165, 1.54) is 43.1 Å². The summed E-state index contributed by atoms with van der Waals surface area (Å²) in [6, 6.07) is 7.58. The molecule has 0 atom stereocenters. The third kappa shape index (κ3) is 3.04. The van der Waals surface area contributed by atoms with Crippen molar-refractivity contribution in [2.75, 3.05) is 5.32 Å². The maximum absolute atomic E-state index is 13.4. The highest BCUT2D eigenvalue weighted by Crippen LogP contribution is 2.42. The molecule has 0 radical (unpaired) electrons. The van der Waals surface area contributed by atoms with Crippen LogP contribution in [0.3, 0.4) is 0 Å². The van der Waals surface area contributed by atoms with E-state index >= 15 is 0 Å². The van der Waals surface area contributed by atoms with E-state index in [0.29, 0.717) is 18.5 Å². The highest BCUT2D eigenvalue weighted by molar-refractivity contribution is 6.00. The van der Waals surface area contributed by atoms with Crippen LogP contribution in [-0.2, 0) is 24.3 Å². The highest BCUT2D eigenvalue weighted by Gasteiger charge is 2.42. The van der Waals surface area contributed by atoms with Gasteiger partial charge in [0.05, 0.1) is 22.7 Å². The lowest BCUT2D eigenvalue weighted by Gasteiger charge is -2.28. The lowest BCUT2D eigenvalue weighted by atomic mass is 9.78. The Bertz CT molecular complexity index is 1220. The zero-order valence-corrected chi connectivity index (χ0v) is 16.2. The summed E-state index contributed by atoms with van der Waals surface area (Å²) in [6.07, 6.45) is 4.59. The second-order valence-electron chi connectivity index (χ2n) is 7.55.